The first-order chi connectivity index (χ1) is 11.6. The Hall–Kier alpha value is -3.48. The average molecular weight is 322 g/mol. The number of phenolic OH excluding ortho intramolecular Hbond substituents is 1. The number of hydrogen-bond acceptors (Lipinski definition) is 5. The fourth-order valence-corrected chi connectivity index (χ4v) is 2.28. The van der Waals surface area contributed by atoms with Gasteiger partial charge in [0.1, 0.15) is 5.75 Å². The van der Waals surface area contributed by atoms with Gasteiger partial charge in [0, 0.05) is 18.0 Å². The van der Waals surface area contributed by atoms with Crippen LogP contribution in [0.2, 0.25) is 0 Å². The van der Waals surface area contributed by atoms with E-state index in [0.717, 1.165) is 4.68 Å². The molecule has 3 rings (SSSR count). The van der Waals surface area contributed by atoms with Crippen LogP contribution in [0.4, 0.5) is 0 Å². The van der Waals surface area contributed by atoms with Crippen molar-refractivity contribution >= 4 is 22.9 Å². The van der Waals surface area contributed by atoms with E-state index in [4.69, 9.17) is 0 Å². The van der Waals surface area contributed by atoms with Crippen molar-refractivity contribution in [1.29, 1.82) is 0 Å². The van der Waals surface area contributed by atoms with Gasteiger partial charge in [0.2, 0.25) is 0 Å². The zero-order chi connectivity index (χ0) is 17.1. The van der Waals surface area contributed by atoms with Crippen molar-refractivity contribution in [2.24, 2.45) is 12.1 Å². The quantitative estimate of drug-likeness (QED) is 0.563. The lowest BCUT2D eigenvalue weighted by Gasteiger charge is -2.06. The molecule has 0 saturated carbocycles. The first-order valence-electron chi connectivity index (χ1n) is 7.15. The molecule has 0 fully saturated rings. The van der Waals surface area contributed by atoms with E-state index < -0.39 is 5.91 Å². The molecule has 3 aromatic rings. The van der Waals surface area contributed by atoms with Gasteiger partial charge in [0.15, 0.2) is 5.69 Å². The normalized spacial score (nSPS) is 11.0. The third kappa shape index (κ3) is 2.87. The van der Waals surface area contributed by atoms with Crippen LogP contribution < -0.4 is 11.0 Å². The molecule has 2 aromatic carbocycles. The second kappa shape index (κ2) is 6.33. The molecule has 0 aliphatic heterocycles. The number of phenols is 1. The number of amides is 1. The monoisotopic (exact) mass is 322 g/mol. The Kier molecular flexibility index (Phi) is 4.07. The SMILES string of the molecule is Cn1nc(C(=O)N/N=C/c2ccccc2O)c2ccccc2c1=O. The molecule has 7 nitrogen and oxygen atoms in total. The van der Waals surface area contributed by atoms with E-state index in [-0.39, 0.29) is 17.0 Å². The molecular formula is C17H14N4O3. The van der Waals surface area contributed by atoms with Crippen LogP contribution in [0.15, 0.2) is 58.4 Å². The highest BCUT2D eigenvalue weighted by molar-refractivity contribution is 6.05. The van der Waals surface area contributed by atoms with E-state index in [0.29, 0.717) is 16.3 Å². The second-order valence-electron chi connectivity index (χ2n) is 5.08. The number of para-hydroxylation sites is 1. The number of aromatic nitrogens is 2. The first-order valence-corrected chi connectivity index (χ1v) is 7.15. The molecule has 0 spiro atoms. The number of aryl methyl sites for hydroxylation is 1. The maximum atomic E-state index is 12.3. The van der Waals surface area contributed by atoms with Gasteiger partial charge in [-0.1, -0.05) is 30.3 Å². The van der Waals surface area contributed by atoms with Gasteiger partial charge in [-0.05, 0) is 18.2 Å². The van der Waals surface area contributed by atoms with Gasteiger partial charge < -0.3 is 5.11 Å². The molecule has 0 atom stereocenters. The number of aromatic hydroxyl groups is 1. The van der Waals surface area contributed by atoms with Crippen LogP contribution in [0.5, 0.6) is 5.75 Å². The molecule has 7 heteroatoms. The van der Waals surface area contributed by atoms with Gasteiger partial charge in [0.25, 0.3) is 11.5 Å². The summed E-state index contributed by atoms with van der Waals surface area (Å²) in [5.74, 6) is -0.491. The minimum atomic E-state index is -0.548. The molecule has 0 saturated heterocycles. The molecular weight excluding hydrogens is 308 g/mol. The molecule has 0 aliphatic rings. The molecule has 24 heavy (non-hydrogen) atoms. The number of fused-ring (bicyclic) bond motifs is 1. The summed E-state index contributed by atoms with van der Waals surface area (Å²) in [4.78, 5) is 24.4. The van der Waals surface area contributed by atoms with Crippen LogP contribution in [-0.4, -0.2) is 27.0 Å². The van der Waals surface area contributed by atoms with Gasteiger partial charge in [-0.2, -0.15) is 10.2 Å². The molecule has 0 unspecified atom stereocenters. The molecule has 0 aliphatic carbocycles. The molecule has 1 heterocycles. The maximum absolute atomic E-state index is 12.3. The maximum Gasteiger partial charge on any atom is 0.292 e. The van der Waals surface area contributed by atoms with Crippen molar-refractivity contribution in [1.82, 2.24) is 15.2 Å². The zero-order valence-corrected chi connectivity index (χ0v) is 12.8. The Labute approximate surface area is 136 Å². The van der Waals surface area contributed by atoms with Crippen molar-refractivity contribution in [3.63, 3.8) is 0 Å². The number of nitrogens with one attached hydrogen (secondary N) is 1. The van der Waals surface area contributed by atoms with E-state index >= 15 is 0 Å². The Morgan fingerprint density at radius 3 is 2.58 bits per heavy atom. The number of hydrogen-bond donors (Lipinski definition) is 2. The minimum absolute atomic E-state index is 0.0566. The smallest absolute Gasteiger partial charge is 0.292 e. The topological polar surface area (TPSA) is 96.6 Å². The van der Waals surface area contributed by atoms with Crippen LogP contribution in [-0.2, 0) is 7.05 Å². The summed E-state index contributed by atoms with van der Waals surface area (Å²) in [7, 11) is 1.48. The lowest BCUT2D eigenvalue weighted by molar-refractivity contribution is 0.0950. The molecule has 1 amide bonds. The molecule has 2 N–H and O–H groups in total. The van der Waals surface area contributed by atoms with Gasteiger partial charge in [-0.15, -0.1) is 0 Å². The van der Waals surface area contributed by atoms with Crippen LogP contribution in [0.3, 0.4) is 0 Å². The highest BCUT2D eigenvalue weighted by Crippen LogP contribution is 2.14. The predicted molar refractivity (Wildman–Crippen MR) is 90.2 cm³/mol. The average Bonchev–Trinajstić information content (AvgIpc) is 2.59. The highest BCUT2D eigenvalue weighted by Gasteiger charge is 2.14. The standard InChI is InChI=1S/C17H14N4O3/c1-21-17(24)13-8-4-3-7-12(13)15(20-21)16(23)19-18-10-11-6-2-5-9-14(11)22/h2-10,22H,1H3,(H,19,23)/b18-10+. The highest BCUT2D eigenvalue weighted by atomic mass is 16.3. The summed E-state index contributed by atoms with van der Waals surface area (Å²) in [6.45, 7) is 0. The summed E-state index contributed by atoms with van der Waals surface area (Å²) < 4.78 is 1.12. The summed E-state index contributed by atoms with van der Waals surface area (Å²) >= 11 is 0. The first kappa shape index (κ1) is 15.4. The lowest BCUT2D eigenvalue weighted by Crippen LogP contribution is -2.27. The number of carbonyl (C=O) groups is 1. The van der Waals surface area contributed by atoms with E-state index in [9.17, 15) is 14.7 Å². The molecule has 120 valence electrons. The van der Waals surface area contributed by atoms with E-state index in [1.165, 1.54) is 19.3 Å². The number of carbonyl (C=O) groups excluding carboxylic acids is 1. The third-order valence-corrected chi connectivity index (χ3v) is 3.48. The van der Waals surface area contributed by atoms with Gasteiger partial charge >= 0.3 is 0 Å². The number of hydrazone groups is 1. The van der Waals surface area contributed by atoms with Gasteiger partial charge in [-0.25, -0.2) is 10.1 Å². The second-order valence-corrected chi connectivity index (χ2v) is 5.08. The fourth-order valence-electron chi connectivity index (χ4n) is 2.28. The van der Waals surface area contributed by atoms with Crippen LogP contribution in [0, 0.1) is 0 Å². The van der Waals surface area contributed by atoms with E-state index in [1.54, 1.807) is 42.5 Å². The van der Waals surface area contributed by atoms with Gasteiger partial charge in [-0.3, -0.25) is 9.59 Å². The Morgan fingerprint density at radius 1 is 1.17 bits per heavy atom. The van der Waals surface area contributed by atoms with Crippen LogP contribution in [0.1, 0.15) is 16.1 Å². The summed E-state index contributed by atoms with van der Waals surface area (Å²) in [5, 5.41) is 18.3. The third-order valence-electron chi connectivity index (χ3n) is 3.48. The van der Waals surface area contributed by atoms with E-state index in [2.05, 4.69) is 15.6 Å². The zero-order valence-electron chi connectivity index (χ0n) is 12.8. The number of benzene rings is 2. The van der Waals surface area contributed by atoms with Gasteiger partial charge in [0.05, 0.1) is 11.6 Å². The largest absolute Gasteiger partial charge is 0.507 e. The lowest BCUT2D eigenvalue weighted by atomic mass is 10.1. The van der Waals surface area contributed by atoms with Crippen molar-refractivity contribution in [3.05, 3.63) is 70.1 Å². The number of nitrogens with zero attached hydrogens (tertiary/aromatic N) is 3. The molecule has 0 bridgehead atoms. The van der Waals surface area contributed by atoms with Crippen LogP contribution >= 0.6 is 0 Å². The van der Waals surface area contributed by atoms with Crippen LogP contribution in [0.25, 0.3) is 10.8 Å². The van der Waals surface area contributed by atoms with Crippen molar-refractivity contribution < 1.29 is 9.90 Å². The van der Waals surface area contributed by atoms with E-state index in [1.807, 2.05) is 0 Å². The van der Waals surface area contributed by atoms with Crippen molar-refractivity contribution in [2.75, 3.05) is 0 Å². The van der Waals surface area contributed by atoms with Crippen molar-refractivity contribution in [3.8, 4) is 5.75 Å². The molecule has 0 radical (unpaired) electrons. The predicted octanol–water partition coefficient (Wildman–Crippen LogP) is 1.40. The summed E-state index contributed by atoms with van der Waals surface area (Å²) in [5.41, 5.74) is 2.64. The minimum Gasteiger partial charge on any atom is -0.507 e. The fraction of sp³-hybridized carbons (Fsp3) is 0.0588. The number of rotatable bonds is 3. The molecule has 1 aromatic heterocycles. The summed E-state index contributed by atoms with van der Waals surface area (Å²) in [6, 6.07) is 13.4. The Bertz CT molecular complexity index is 1010. The Morgan fingerprint density at radius 2 is 1.83 bits per heavy atom. The summed E-state index contributed by atoms with van der Waals surface area (Å²) in [6.07, 6.45) is 1.33. The van der Waals surface area contributed by atoms with Crippen molar-refractivity contribution in [2.45, 2.75) is 0 Å². The Balaban J connectivity index is 1.91.